The van der Waals surface area contributed by atoms with Crippen molar-refractivity contribution in [2.24, 2.45) is 17.8 Å². The molecule has 48 heavy (non-hydrogen) atoms. The monoisotopic (exact) mass is 632 g/mol. The maximum atomic E-state index is 6.56. The average molecular weight is 633 g/mol. The van der Waals surface area contributed by atoms with Crippen molar-refractivity contribution in [2.75, 3.05) is 10.6 Å². The van der Waals surface area contributed by atoms with Gasteiger partial charge in [-0.3, -0.25) is 4.57 Å². The van der Waals surface area contributed by atoms with Gasteiger partial charge in [-0.15, -0.1) is 0 Å². The molecule has 4 bridgehead atoms. The molecule has 4 saturated carbocycles. The van der Waals surface area contributed by atoms with Crippen molar-refractivity contribution in [3.8, 4) is 17.3 Å². The van der Waals surface area contributed by atoms with Gasteiger partial charge in [0, 0.05) is 40.3 Å². The van der Waals surface area contributed by atoms with Crippen molar-refractivity contribution in [1.82, 2.24) is 9.55 Å². The number of nitrogens with one attached hydrogen (secondary N) is 2. The smallest absolute Gasteiger partial charge is 0.137 e. The van der Waals surface area contributed by atoms with Crippen LogP contribution in [0.3, 0.4) is 0 Å². The summed E-state index contributed by atoms with van der Waals surface area (Å²) < 4.78 is 8.82. The Bertz CT molecular complexity index is 2120. The molecule has 5 nitrogen and oxygen atoms in total. The highest BCUT2D eigenvalue weighted by Gasteiger charge is 2.51. The molecule has 4 aliphatic carbocycles. The molecule has 2 heterocycles. The van der Waals surface area contributed by atoms with Crippen LogP contribution in [0.5, 0.6) is 11.5 Å². The molecule has 0 atom stereocenters. The summed E-state index contributed by atoms with van der Waals surface area (Å²) in [6, 6.07) is 36.3. The summed E-state index contributed by atoms with van der Waals surface area (Å²) >= 11 is 0. The summed E-state index contributed by atoms with van der Waals surface area (Å²) in [7, 11) is 0. The first kappa shape index (κ1) is 29.4. The zero-order valence-corrected chi connectivity index (χ0v) is 28.2. The lowest BCUT2D eigenvalue weighted by atomic mass is 9.53. The molecule has 2 N–H and O–H groups in total. The van der Waals surface area contributed by atoms with Crippen LogP contribution in [0.1, 0.15) is 64.9 Å². The highest BCUT2D eigenvalue weighted by atomic mass is 16.5. The minimum atomic E-state index is 0.0230. The lowest BCUT2D eigenvalue weighted by molar-refractivity contribution is 0.0107. The van der Waals surface area contributed by atoms with Crippen LogP contribution in [0, 0.1) is 17.8 Å². The lowest BCUT2D eigenvalue weighted by Gasteiger charge is -2.57. The summed E-state index contributed by atoms with van der Waals surface area (Å²) in [4.78, 5) is 4.84. The SMILES string of the molecule is CC(C)(C)c1ccnc(-n2c3ccccc3c3ccc(Oc4cccc(Nc5ccccc5NC56CC7CC(CC(C7)C5)C6)c4)cc32)c1. The van der Waals surface area contributed by atoms with E-state index in [0.717, 1.165) is 57.5 Å². The van der Waals surface area contributed by atoms with Gasteiger partial charge in [-0.1, -0.05) is 57.2 Å². The molecule has 4 aromatic carbocycles. The fraction of sp³-hybridized carbons (Fsp3) is 0.326. The lowest BCUT2D eigenvalue weighted by Crippen LogP contribution is -2.54. The van der Waals surface area contributed by atoms with Crippen molar-refractivity contribution in [2.45, 2.75) is 70.3 Å². The minimum Gasteiger partial charge on any atom is -0.457 e. The van der Waals surface area contributed by atoms with Gasteiger partial charge in [-0.2, -0.15) is 0 Å². The van der Waals surface area contributed by atoms with Gasteiger partial charge in [-0.25, -0.2) is 4.98 Å². The van der Waals surface area contributed by atoms with Gasteiger partial charge in [0.1, 0.15) is 17.3 Å². The topological polar surface area (TPSA) is 51.1 Å². The second kappa shape index (κ2) is 11.2. The number of fused-ring (bicyclic) bond motifs is 3. The molecule has 4 aliphatic rings. The number of hydrogen-bond donors (Lipinski definition) is 2. The molecule has 0 aliphatic heterocycles. The Labute approximate surface area is 283 Å². The molecule has 0 unspecified atom stereocenters. The number of nitrogens with zero attached hydrogens (tertiary/aromatic N) is 2. The normalized spacial score (nSPS) is 23.1. The Morgan fingerprint density at radius 3 is 2.15 bits per heavy atom. The maximum Gasteiger partial charge on any atom is 0.137 e. The molecule has 2 aromatic heterocycles. The van der Waals surface area contributed by atoms with Crippen molar-refractivity contribution in [1.29, 1.82) is 0 Å². The van der Waals surface area contributed by atoms with E-state index in [2.05, 4.69) is 133 Å². The first-order valence-corrected chi connectivity index (χ1v) is 17.7. The molecule has 0 radical (unpaired) electrons. The second-order valence-electron chi connectivity index (χ2n) is 15.8. The summed E-state index contributed by atoms with van der Waals surface area (Å²) in [6.45, 7) is 6.72. The second-order valence-corrected chi connectivity index (χ2v) is 15.8. The Balaban J connectivity index is 1.01. The fourth-order valence-corrected chi connectivity index (χ4v) is 9.45. The Morgan fingerprint density at radius 1 is 0.688 bits per heavy atom. The van der Waals surface area contributed by atoms with Gasteiger partial charge < -0.3 is 15.4 Å². The maximum absolute atomic E-state index is 6.56. The van der Waals surface area contributed by atoms with Crippen LogP contribution in [-0.4, -0.2) is 15.1 Å². The number of pyridine rings is 1. The molecule has 0 spiro atoms. The third-order valence-electron chi connectivity index (χ3n) is 11.2. The third kappa shape index (κ3) is 5.30. The van der Waals surface area contributed by atoms with Gasteiger partial charge >= 0.3 is 0 Å². The fourth-order valence-electron chi connectivity index (χ4n) is 9.45. The summed E-state index contributed by atoms with van der Waals surface area (Å²) in [5, 5.41) is 10.2. The van der Waals surface area contributed by atoms with Gasteiger partial charge in [-0.05, 0) is 122 Å². The number of rotatable bonds is 7. The van der Waals surface area contributed by atoms with Crippen LogP contribution < -0.4 is 15.4 Å². The van der Waals surface area contributed by atoms with E-state index in [1.54, 1.807) is 0 Å². The molecule has 10 rings (SSSR count). The summed E-state index contributed by atoms with van der Waals surface area (Å²) in [5.74, 6) is 5.22. The zero-order chi connectivity index (χ0) is 32.5. The number of benzene rings is 4. The van der Waals surface area contributed by atoms with E-state index in [-0.39, 0.29) is 11.0 Å². The summed E-state index contributed by atoms with van der Waals surface area (Å²) in [5.41, 5.74) is 7.06. The largest absolute Gasteiger partial charge is 0.457 e. The van der Waals surface area contributed by atoms with E-state index in [0.29, 0.717) is 0 Å². The van der Waals surface area contributed by atoms with E-state index in [1.807, 2.05) is 12.3 Å². The van der Waals surface area contributed by atoms with Crippen LogP contribution in [-0.2, 0) is 5.41 Å². The number of hydrogen-bond acceptors (Lipinski definition) is 4. The third-order valence-corrected chi connectivity index (χ3v) is 11.2. The van der Waals surface area contributed by atoms with E-state index in [9.17, 15) is 0 Å². The van der Waals surface area contributed by atoms with Crippen LogP contribution in [0.2, 0.25) is 0 Å². The Morgan fingerprint density at radius 2 is 1.38 bits per heavy atom. The van der Waals surface area contributed by atoms with E-state index in [4.69, 9.17) is 9.72 Å². The first-order chi connectivity index (χ1) is 23.3. The molecular weight excluding hydrogens is 589 g/mol. The minimum absolute atomic E-state index is 0.0230. The van der Waals surface area contributed by atoms with Crippen molar-refractivity contribution in [3.63, 3.8) is 0 Å². The van der Waals surface area contributed by atoms with Gasteiger partial charge in [0.2, 0.25) is 0 Å². The Hall–Kier alpha value is -4.77. The zero-order valence-electron chi connectivity index (χ0n) is 28.2. The number of anilines is 3. The molecule has 6 aromatic rings. The number of aromatic nitrogens is 2. The molecule has 4 fully saturated rings. The van der Waals surface area contributed by atoms with Crippen LogP contribution in [0.25, 0.3) is 27.6 Å². The standard InChI is InChI=1S/C43H44N4O/c1-42(2,3)31-17-18-44-41(22-31)47-39-14-7-4-11-35(39)36-16-15-34(24-40(36)47)48-33-10-8-9-32(23-33)45-37-12-5-6-13-38(37)46-43-25-28-19-29(26-43)21-30(20-28)27-43/h4-18,22-24,28-30,45-46H,19-21,25-27H2,1-3H3. The predicted molar refractivity (Wildman–Crippen MR) is 198 cm³/mol. The van der Waals surface area contributed by atoms with E-state index >= 15 is 0 Å². The average Bonchev–Trinajstić information content (AvgIpc) is 3.38. The number of para-hydroxylation sites is 3. The molecule has 5 heteroatoms. The Kier molecular flexibility index (Phi) is 6.83. The first-order valence-electron chi connectivity index (χ1n) is 17.7. The van der Waals surface area contributed by atoms with Crippen LogP contribution >= 0.6 is 0 Å². The van der Waals surface area contributed by atoms with Crippen molar-refractivity contribution >= 4 is 38.9 Å². The van der Waals surface area contributed by atoms with Gasteiger partial charge in [0.05, 0.1) is 22.4 Å². The molecule has 0 saturated heterocycles. The van der Waals surface area contributed by atoms with E-state index in [1.165, 1.54) is 60.5 Å². The molecule has 242 valence electrons. The quantitative estimate of drug-likeness (QED) is 0.184. The summed E-state index contributed by atoms with van der Waals surface area (Å²) in [6.07, 6.45) is 10.2. The van der Waals surface area contributed by atoms with Crippen LogP contribution in [0.4, 0.5) is 17.1 Å². The van der Waals surface area contributed by atoms with Crippen molar-refractivity contribution in [3.05, 3.63) is 115 Å². The van der Waals surface area contributed by atoms with E-state index < -0.39 is 0 Å². The van der Waals surface area contributed by atoms with Crippen LogP contribution in [0.15, 0.2) is 109 Å². The molecule has 0 amide bonds. The molecular formula is C43H44N4O. The number of ether oxygens (including phenoxy) is 1. The van der Waals surface area contributed by atoms with Gasteiger partial charge in [0.15, 0.2) is 0 Å². The highest BCUT2D eigenvalue weighted by Crippen LogP contribution is 2.57. The van der Waals surface area contributed by atoms with Crippen molar-refractivity contribution < 1.29 is 4.74 Å². The van der Waals surface area contributed by atoms with Gasteiger partial charge in [0.25, 0.3) is 0 Å². The highest BCUT2D eigenvalue weighted by molar-refractivity contribution is 6.09. The predicted octanol–water partition coefficient (Wildman–Crippen LogP) is 11.4.